The molecule has 0 aliphatic heterocycles. The van der Waals surface area contributed by atoms with Gasteiger partial charge in [0, 0.05) is 17.6 Å². The molecule has 1 rings (SSSR count). The van der Waals surface area contributed by atoms with Crippen LogP contribution >= 0.6 is 11.6 Å². The lowest BCUT2D eigenvalue weighted by molar-refractivity contribution is 0.414. The van der Waals surface area contributed by atoms with Crippen LogP contribution in [-0.2, 0) is 0 Å². The van der Waals surface area contributed by atoms with Crippen LogP contribution < -0.4 is 15.4 Å². The van der Waals surface area contributed by atoms with E-state index >= 15 is 0 Å². The second-order valence-electron chi connectivity index (χ2n) is 3.54. The highest BCUT2D eigenvalue weighted by Crippen LogP contribution is 2.26. The molecule has 2 N–H and O–H groups in total. The van der Waals surface area contributed by atoms with Gasteiger partial charge in [0.25, 0.3) is 0 Å². The molecule has 0 amide bonds. The van der Waals surface area contributed by atoms with Crippen LogP contribution in [0.2, 0.25) is 5.02 Å². The first-order valence-corrected chi connectivity index (χ1v) is 5.82. The van der Waals surface area contributed by atoms with Gasteiger partial charge in [-0.15, -0.1) is 0 Å². The topological polar surface area (TPSA) is 33.3 Å². The minimum atomic E-state index is 0.221. The molecule has 0 aromatic heterocycles. The van der Waals surface area contributed by atoms with E-state index in [-0.39, 0.29) is 6.04 Å². The molecule has 0 fully saturated rings. The number of rotatable bonds is 6. The molecule has 0 aliphatic rings. The summed E-state index contributed by atoms with van der Waals surface area (Å²) in [7, 11) is 3.57. The quantitative estimate of drug-likeness (QED) is 0.803. The Morgan fingerprint density at radius 2 is 2.19 bits per heavy atom. The molecule has 0 saturated heterocycles. The molecule has 1 aromatic rings. The van der Waals surface area contributed by atoms with Gasteiger partial charge in [0.2, 0.25) is 0 Å². The number of benzene rings is 1. The number of likely N-dealkylation sites (N-methyl/N-ethyl adjacent to an activating group) is 2. The molecule has 1 unspecified atom stereocenters. The number of ether oxygens (including phenoxy) is 1. The highest BCUT2D eigenvalue weighted by molar-refractivity contribution is 6.31. The van der Waals surface area contributed by atoms with Crippen LogP contribution in [-0.4, -0.2) is 27.2 Å². The maximum Gasteiger partial charge on any atom is 0.120 e. The van der Waals surface area contributed by atoms with Crippen molar-refractivity contribution in [3.63, 3.8) is 0 Å². The summed E-state index contributed by atoms with van der Waals surface area (Å²) in [4.78, 5) is 0. The third kappa shape index (κ3) is 3.37. The van der Waals surface area contributed by atoms with Crippen molar-refractivity contribution in [3.05, 3.63) is 28.8 Å². The van der Waals surface area contributed by atoms with Crippen molar-refractivity contribution in [2.75, 3.05) is 27.2 Å². The lowest BCUT2D eigenvalue weighted by Gasteiger charge is -2.18. The van der Waals surface area contributed by atoms with E-state index in [0.29, 0.717) is 0 Å². The van der Waals surface area contributed by atoms with E-state index in [0.717, 1.165) is 29.4 Å². The first-order valence-electron chi connectivity index (χ1n) is 5.44. The molecule has 0 radical (unpaired) electrons. The van der Waals surface area contributed by atoms with Crippen molar-refractivity contribution in [1.29, 1.82) is 0 Å². The summed E-state index contributed by atoms with van der Waals surface area (Å²) in [5.41, 5.74) is 1.09. The van der Waals surface area contributed by atoms with E-state index in [4.69, 9.17) is 16.3 Å². The Bertz CT molecular complexity index is 331. The van der Waals surface area contributed by atoms with Crippen molar-refractivity contribution in [1.82, 2.24) is 10.6 Å². The van der Waals surface area contributed by atoms with Crippen LogP contribution in [0.15, 0.2) is 18.2 Å². The largest absolute Gasteiger partial charge is 0.497 e. The fourth-order valence-corrected chi connectivity index (χ4v) is 1.88. The fourth-order valence-electron chi connectivity index (χ4n) is 1.57. The van der Waals surface area contributed by atoms with Crippen LogP contribution in [0.5, 0.6) is 5.75 Å². The highest BCUT2D eigenvalue weighted by atomic mass is 35.5. The molecule has 0 spiro atoms. The fraction of sp³-hybridized carbons (Fsp3) is 0.500. The summed E-state index contributed by atoms with van der Waals surface area (Å²) in [5.74, 6) is 0.784. The van der Waals surface area contributed by atoms with Crippen molar-refractivity contribution in [3.8, 4) is 5.75 Å². The van der Waals surface area contributed by atoms with Gasteiger partial charge >= 0.3 is 0 Å². The highest BCUT2D eigenvalue weighted by Gasteiger charge is 2.12. The summed E-state index contributed by atoms with van der Waals surface area (Å²) in [6, 6.07) is 5.99. The van der Waals surface area contributed by atoms with Gasteiger partial charge in [0.15, 0.2) is 0 Å². The second kappa shape index (κ2) is 6.74. The number of hydrogen-bond acceptors (Lipinski definition) is 3. The molecular formula is C12H19ClN2O. The third-order valence-corrected chi connectivity index (χ3v) is 2.86. The monoisotopic (exact) mass is 242 g/mol. The number of hydrogen-bond donors (Lipinski definition) is 2. The van der Waals surface area contributed by atoms with E-state index < -0.39 is 0 Å². The zero-order valence-electron chi connectivity index (χ0n) is 10.0. The Balaban J connectivity index is 2.83. The van der Waals surface area contributed by atoms with Crippen molar-refractivity contribution in [2.45, 2.75) is 13.0 Å². The van der Waals surface area contributed by atoms with Gasteiger partial charge < -0.3 is 15.4 Å². The Labute approximate surface area is 102 Å². The molecule has 0 heterocycles. The first-order chi connectivity index (χ1) is 7.72. The van der Waals surface area contributed by atoms with E-state index in [1.54, 1.807) is 7.11 Å². The Morgan fingerprint density at radius 3 is 2.69 bits per heavy atom. The number of methoxy groups -OCH3 is 1. The molecule has 0 aliphatic carbocycles. The zero-order chi connectivity index (χ0) is 12.0. The first kappa shape index (κ1) is 13.3. The molecule has 16 heavy (non-hydrogen) atoms. The van der Waals surface area contributed by atoms with Gasteiger partial charge in [-0.05, 0) is 31.3 Å². The maximum atomic E-state index is 6.21. The van der Waals surface area contributed by atoms with Crippen molar-refractivity contribution in [2.24, 2.45) is 0 Å². The van der Waals surface area contributed by atoms with Gasteiger partial charge in [0.1, 0.15) is 5.75 Å². The normalized spacial score (nSPS) is 12.5. The summed E-state index contributed by atoms with van der Waals surface area (Å²) in [6.45, 7) is 3.90. The molecule has 3 nitrogen and oxygen atoms in total. The average Bonchev–Trinajstić information content (AvgIpc) is 2.31. The number of nitrogens with one attached hydrogen (secondary N) is 2. The molecule has 0 saturated carbocycles. The lowest BCUT2D eigenvalue weighted by atomic mass is 10.1. The van der Waals surface area contributed by atoms with Gasteiger partial charge in [-0.25, -0.2) is 0 Å². The van der Waals surface area contributed by atoms with Crippen LogP contribution in [0.3, 0.4) is 0 Å². The van der Waals surface area contributed by atoms with Gasteiger partial charge in [-0.1, -0.05) is 24.6 Å². The lowest BCUT2D eigenvalue weighted by Crippen LogP contribution is -2.29. The Hall–Kier alpha value is -0.770. The predicted molar refractivity (Wildman–Crippen MR) is 68.3 cm³/mol. The van der Waals surface area contributed by atoms with Crippen molar-refractivity contribution >= 4 is 11.6 Å². The van der Waals surface area contributed by atoms with Gasteiger partial charge in [0.05, 0.1) is 7.11 Å². The average molecular weight is 243 g/mol. The molecule has 4 heteroatoms. The standard InChI is InChI=1S/C12H19ClN2O/c1-4-15-8-12(14-2)10-6-5-9(16-3)7-11(10)13/h5-7,12,14-15H,4,8H2,1-3H3. The minimum absolute atomic E-state index is 0.221. The number of halogens is 1. The minimum Gasteiger partial charge on any atom is -0.497 e. The van der Waals surface area contributed by atoms with Crippen LogP contribution in [0, 0.1) is 0 Å². The summed E-state index contributed by atoms with van der Waals surface area (Å²) in [5, 5.41) is 7.28. The Kier molecular flexibility index (Phi) is 5.60. The van der Waals surface area contributed by atoms with Gasteiger partial charge in [-0.2, -0.15) is 0 Å². The third-order valence-electron chi connectivity index (χ3n) is 2.53. The van der Waals surface area contributed by atoms with Crippen LogP contribution in [0.25, 0.3) is 0 Å². The summed E-state index contributed by atoms with van der Waals surface area (Å²) in [6.07, 6.45) is 0. The van der Waals surface area contributed by atoms with Crippen molar-refractivity contribution < 1.29 is 4.74 Å². The van der Waals surface area contributed by atoms with E-state index in [1.807, 2.05) is 25.2 Å². The van der Waals surface area contributed by atoms with Gasteiger partial charge in [-0.3, -0.25) is 0 Å². The molecule has 0 bridgehead atoms. The molecule has 1 aromatic carbocycles. The zero-order valence-corrected chi connectivity index (χ0v) is 10.8. The smallest absolute Gasteiger partial charge is 0.120 e. The Morgan fingerprint density at radius 1 is 1.44 bits per heavy atom. The maximum absolute atomic E-state index is 6.21. The van der Waals surface area contributed by atoms with E-state index in [9.17, 15) is 0 Å². The van der Waals surface area contributed by atoms with Crippen LogP contribution in [0.1, 0.15) is 18.5 Å². The molecule has 1 atom stereocenters. The van der Waals surface area contributed by atoms with E-state index in [2.05, 4.69) is 17.6 Å². The second-order valence-corrected chi connectivity index (χ2v) is 3.94. The molecular weight excluding hydrogens is 224 g/mol. The van der Waals surface area contributed by atoms with Crippen LogP contribution in [0.4, 0.5) is 0 Å². The summed E-state index contributed by atoms with van der Waals surface area (Å²) < 4.78 is 5.12. The predicted octanol–water partition coefficient (Wildman–Crippen LogP) is 2.22. The summed E-state index contributed by atoms with van der Waals surface area (Å²) >= 11 is 6.21. The molecule has 90 valence electrons. The van der Waals surface area contributed by atoms with E-state index in [1.165, 1.54) is 0 Å². The SMILES string of the molecule is CCNCC(NC)c1ccc(OC)cc1Cl.